The molecule has 1 aliphatic carbocycles. The first-order valence-electron chi connectivity index (χ1n) is 9.80. The van der Waals surface area contributed by atoms with Gasteiger partial charge in [-0.05, 0) is 58.5 Å². The van der Waals surface area contributed by atoms with Crippen LogP contribution in [0.25, 0.3) is 0 Å². The highest BCUT2D eigenvalue weighted by atomic mass is 16.5. The van der Waals surface area contributed by atoms with Gasteiger partial charge in [0.1, 0.15) is 0 Å². The molecule has 0 spiro atoms. The molecule has 1 saturated carbocycles. The van der Waals surface area contributed by atoms with Crippen molar-refractivity contribution in [3.05, 3.63) is 0 Å². The van der Waals surface area contributed by atoms with Gasteiger partial charge in [0.2, 0.25) is 0 Å². The number of nitrogens with two attached hydrogens (primary N) is 1. The standard InChI is InChI=1S/C19H34N2O4/c1-14(24-12-19-7-3-16(4-8-19)25-13-19)17(20)11-21-9-5-15(6-10-21)18(22)23-2/h14-17H,3-13,20H2,1-2H3/t14-,16?,17-,19?/m1/s1. The van der Waals surface area contributed by atoms with Crippen LogP contribution in [0.3, 0.4) is 0 Å². The molecule has 2 bridgehead atoms. The second kappa shape index (κ2) is 8.33. The van der Waals surface area contributed by atoms with Crippen molar-refractivity contribution in [1.82, 2.24) is 4.90 Å². The summed E-state index contributed by atoms with van der Waals surface area (Å²) in [4.78, 5) is 14.0. The van der Waals surface area contributed by atoms with Crippen LogP contribution in [0.2, 0.25) is 0 Å². The number of carbonyl (C=O) groups excluding carboxylic acids is 1. The van der Waals surface area contributed by atoms with E-state index in [1.54, 1.807) is 0 Å². The van der Waals surface area contributed by atoms with Crippen molar-refractivity contribution in [2.45, 2.75) is 63.7 Å². The topological polar surface area (TPSA) is 74.0 Å². The number of hydrogen-bond acceptors (Lipinski definition) is 6. The van der Waals surface area contributed by atoms with Gasteiger partial charge < -0.3 is 24.8 Å². The highest BCUT2D eigenvalue weighted by molar-refractivity contribution is 5.72. The first-order chi connectivity index (χ1) is 12.0. The molecule has 3 aliphatic heterocycles. The smallest absolute Gasteiger partial charge is 0.308 e. The molecule has 0 aromatic carbocycles. The van der Waals surface area contributed by atoms with E-state index in [-0.39, 0.29) is 29.4 Å². The average molecular weight is 354 g/mol. The Morgan fingerprint density at radius 2 is 1.96 bits per heavy atom. The number of fused-ring (bicyclic) bond motifs is 3. The first kappa shape index (κ1) is 19.1. The van der Waals surface area contributed by atoms with Crippen LogP contribution >= 0.6 is 0 Å². The third kappa shape index (κ3) is 4.73. The number of esters is 1. The summed E-state index contributed by atoms with van der Waals surface area (Å²) in [6.07, 6.45) is 7.05. The third-order valence-corrected chi connectivity index (χ3v) is 6.46. The molecule has 4 rings (SSSR count). The number of hydrogen-bond donors (Lipinski definition) is 1. The first-order valence-corrected chi connectivity index (χ1v) is 9.80. The van der Waals surface area contributed by atoms with Gasteiger partial charge in [0.05, 0.1) is 38.4 Å². The fraction of sp³-hybridized carbons (Fsp3) is 0.947. The summed E-state index contributed by atoms with van der Waals surface area (Å²) in [5, 5.41) is 0. The number of rotatable bonds is 7. The van der Waals surface area contributed by atoms with Crippen LogP contribution in [0.15, 0.2) is 0 Å². The van der Waals surface area contributed by atoms with E-state index in [0.717, 1.165) is 45.7 Å². The predicted octanol–water partition coefficient (Wildman–Crippen LogP) is 1.56. The van der Waals surface area contributed by atoms with Crippen molar-refractivity contribution in [1.29, 1.82) is 0 Å². The van der Waals surface area contributed by atoms with Gasteiger partial charge in [-0.1, -0.05) is 0 Å². The molecular weight excluding hydrogens is 320 g/mol. The molecule has 0 amide bonds. The maximum Gasteiger partial charge on any atom is 0.308 e. The normalized spacial score (nSPS) is 33.2. The van der Waals surface area contributed by atoms with E-state index in [2.05, 4.69) is 11.8 Å². The summed E-state index contributed by atoms with van der Waals surface area (Å²) in [6.45, 7) is 6.32. The zero-order valence-corrected chi connectivity index (χ0v) is 15.7. The zero-order chi connectivity index (χ0) is 17.9. The molecule has 25 heavy (non-hydrogen) atoms. The van der Waals surface area contributed by atoms with Gasteiger partial charge in [0, 0.05) is 18.0 Å². The van der Waals surface area contributed by atoms with Crippen molar-refractivity contribution in [3.8, 4) is 0 Å². The number of likely N-dealkylation sites (tertiary alicyclic amines) is 1. The number of piperidine rings is 1. The fourth-order valence-electron chi connectivity index (χ4n) is 4.39. The van der Waals surface area contributed by atoms with Crippen LogP contribution < -0.4 is 5.73 Å². The molecule has 4 aliphatic rings. The monoisotopic (exact) mass is 354 g/mol. The van der Waals surface area contributed by atoms with Gasteiger partial charge in [-0.15, -0.1) is 0 Å². The number of ether oxygens (including phenoxy) is 3. The Balaban J connectivity index is 1.38. The van der Waals surface area contributed by atoms with Gasteiger partial charge in [-0.2, -0.15) is 0 Å². The molecule has 0 aromatic heterocycles. The van der Waals surface area contributed by atoms with Crippen molar-refractivity contribution in [2.24, 2.45) is 17.1 Å². The summed E-state index contributed by atoms with van der Waals surface area (Å²) in [6, 6.07) is -0.00748. The second-order valence-electron chi connectivity index (χ2n) is 8.29. The van der Waals surface area contributed by atoms with Crippen molar-refractivity contribution in [2.75, 3.05) is 40.0 Å². The van der Waals surface area contributed by atoms with Crippen LogP contribution in [-0.4, -0.2) is 69.1 Å². The largest absolute Gasteiger partial charge is 0.469 e. The highest BCUT2D eigenvalue weighted by Gasteiger charge is 2.42. The maximum absolute atomic E-state index is 11.6. The maximum atomic E-state index is 11.6. The Morgan fingerprint density at radius 1 is 1.28 bits per heavy atom. The molecule has 6 nitrogen and oxygen atoms in total. The van der Waals surface area contributed by atoms with E-state index in [9.17, 15) is 4.79 Å². The van der Waals surface area contributed by atoms with Crippen LogP contribution in [0, 0.1) is 11.3 Å². The Hall–Kier alpha value is -0.690. The average Bonchev–Trinajstić information content (AvgIpc) is 2.67. The van der Waals surface area contributed by atoms with Gasteiger partial charge in [0.15, 0.2) is 0 Å². The van der Waals surface area contributed by atoms with E-state index >= 15 is 0 Å². The molecule has 3 heterocycles. The van der Waals surface area contributed by atoms with E-state index in [1.807, 2.05) is 0 Å². The summed E-state index contributed by atoms with van der Waals surface area (Å²) >= 11 is 0. The molecular formula is C19H34N2O4. The lowest BCUT2D eigenvalue weighted by molar-refractivity contribution is -0.151. The lowest BCUT2D eigenvalue weighted by Crippen LogP contribution is -2.50. The van der Waals surface area contributed by atoms with Gasteiger partial charge >= 0.3 is 5.97 Å². The molecule has 4 fully saturated rings. The molecule has 0 radical (unpaired) electrons. The Kier molecular flexibility index (Phi) is 6.36. The van der Waals surface area contributed by atoms with E-state index < -0.39 is 0 Å². The molecule has 3 saturated heterocycles. The van der Waals surface area contributed by atoms with Gasteiger partial charge in [0.25, 0.3) is 0 Å². The van der Waals surface area contributed by atoms with Gasteiger partial charge in [-0.25, -0.2) is 0 Å². The Morgan fingerprint density at radius 3 is 2.52 bits per heavy atom. The molecule has 2 atom stereocenters. The molecule has 144 valence electrons. The predicted molar refractivity (Wildman–Crippen MR) is 95.2 cm³/mol. The van der Waals surface area contributed by atoms with Crippen LogP contribution in [0.1, 0.15) is 45.4 Å². The minimum Gasteiger partial charge on any atom is -0.469 e. The number of methoxy groups -OCH3 is 1. The molecule has 2 N–H and O–H groups in total. The van der Waals surface area contributed by atoms with Crippen LogP contribution in [0.4, 0.5) is 0 Å². The van der Waals surface area contributed by atoms with Crippen LogP contribution in [0.5, 0.6) is 0 Å². The SMILES string of the molecule is COC(=O)C1CCN(C[C@@H](N)[C@@H](C)OCC23CCC(CC2)OC3)CC1. The number of nitrogens with zero attached hydrogens (tertiary/aromatic N) is 1. The highest BCUT2D eigenvalue weighted by Crippen LogP contribution is 2.43. The third-order valence-electron chi connectivity index (χ3n) is 6.46. The minimum absolute atomic E-state index is 0.00748. The van der Waals surface area contributed by atoms with E-state index in [4.69, 9.17) is 19.9 Å². The van der Waals surface area contributed by atoms with E-state index in [1.165, 1.54) is 32.8 Å². The lowest BCUT2D eigenvalue weighted by Gasteiger charge is -2.46. The quantitative estimate of drug-likeness (QED) is 0.700. The second-order valence-corrected chi connectivity index (χ2v) is 8.29. The van der Waals surface area contributed by atoms with Crippen LogP contribution in [-0.2, 0) is 19.0 Å². The Labute approximate surface area is 151 Å². The molecule has 0 aromatic rings. The van der Waals surface area contributed by atoms with Gasteiger partial charge in [-0.3, -0.25) is 4.79 Å². The summed E-state index contributed by atoms with van der Waals surface area (Å²) < 4.78 is 16.9. The fourth-order valence-corrected chi connectivity index (χ4v) is 4.39. The molecule has 0 unspecified atom stereocenters. The summed E-state index contributed by atoms with van der Waals surface area (Å²) in [5.74, 6) is -0.0315. The number of carbonyl (C=O) groups is 1. The van der Waals surface area contributed by atoms with Crippen molar-refractivity contribution in [3.63, 3.8) is 0 Å². The minimum atomic E-state index is -0.0793. The summed E-state index contributed by atoms with van der Waals surface area (Å²) in [7, 11) is 1.47. The van der Waals surface area contributed by atoms with Crippen molar-refractivity contribution >= 4 is 5.97 Å². The molecule has 6 heteroatoms. The Bertz CT molecular complexity index is 429. The summed E-state index contributed by atoms with van der Waals surface area (Å²) in [5.41, 5.74) is 6.61. The van der Waals surface area contributed by atoms with E-state index in [0.29, 0.717) is 6.10 Å². The lowest BCUT2D eigenvalue weighted by atomic mass is 9.72. The zero-order valence-electron chi connectivity index (χ0n) is 15.7. The van der Waals surface area contributed by atoms with Crippen molar-refractivity contribution < 1.29 is 19.0 Å².